The maximum absolute atomic E-state index is 11.4. The second-order valence-corrected chi connectivity index (χ2v) is 4.05. The fourth-order valence-electron chi connectivity index (χ4n) is 1.48. The molecule has 0 radical (unpaired) electrons. The second-order valence-electron chi connectivity index (χ2n) is 4.05. The number of methoxy groups -OCH3 is 1. The molecule has 0 atom stereocenters. The van der Waals surface area contributed by atoms with Crippen LogP contribution in [0.4, 0.5) is 11.5 Å². The molecule has 0 spiro atoms. The van der Waals surface area contributed by atoms with Gasteiger partial charge >= 0.3 is 0 Å². The van der Waals surface area contributed by atoms with Crippen LogP contribution in [0.15, 0.2) is 12.3 Å². The number of carbonyl (C=O) groups excluding carboxylic acids is 2. The number of ether oxygens (including phenoxy) is 1. The van der Waals surface area contributed by atoms with Gasteiger partial charge in [0, 0.05) is 26.6 Å². The molecule has 0 aliphatic rings. The van der Waals surface area contributed by atoms with Crippen molar-refractivity contribution in [3.05, 3.63) is 17.8 Å². The summed E-state index contributed by atoms with van der Waals surface area (Å²) in [7, 11) is 1.56. The van der Waals surface area contributed by atoms with E-state index in [0.29, 0.717) is 31.2 Å². The van der Waals surface area contributed by atoms with E-state index in [0.717, 1.165) is 0 Å². The van der Waals surface area contributed by atoms with Crippen LogP contribution in [0.25, 0.3) is 0 Å². The summed E-state index contributed by atoms with van der Waals surface area (Å²) in [6.07, 6.45) is 1.65. The lowest BCUT2D eigenvalue weighted by Gasteiger charge is -2.09. The molecule has 0 unspecified atom stereocenters. The van der Waals surface area contributed by atoms with E-state index in [1.54, 1.807) is 7.11 Å². The number of anilines is 2. The zero-order chi connectivity index (χ0) is 15.0. The van der Waals surface area contributed by atoms with Crippen molar-refractivity contribution in [1.82, 2.24) is 10.3 Å². The minimum absolute atomic E-state index is 0.120. The summed E-state index contributed by atoms with van der Waals surface area (Å²) in [4.78, 5) is 26.7. The van der Waals surface area contributed by atoms with E-state index in [2.05, 4.69) is 15.6 Å². The fourth-order valence-corrected chi connectivity index (χ4v) is 1.48. The Morgan fingerprint density at radius 2 is 2.15 bits per heavy atom. The third kappa shape index (κ3) is 5.11. The fraction of sp³-hybridized carbons (Fsp3) is 0.417. The minimum Gasteiger partial charge on any atom is -0.397 e. The third-order valence-electron chi connectivity index (χ3n) is 2.45. The van der Waals surface area contributed by atoms with Gasteiger partial charge in [0.05, 0.1) is 24.1 Å². The maximum atomic E-state index is 11.4. The largest absolute Gasteiger partial charge is 0.397 e. The predicted octanol–water partition coefficient (Wildman–Crippen LogP) is -0.673. The van der Waals surface area contributed by atoms with Gasteiger partial charge in [0.2, 0.25) is 5.91 Å². The van der Waals surface area contributed by atoms with Crippen LogP contribution in [0.2, 0.25) is 0 Å². The zero-order valence-corrected chi connectivity index (χ0v) is 11.3. The van der Waals surface area contributed by atoms with Crippen molar-refractivity contribution in [1.29, 1.82) is 0 Å². The Kier molecular flexibility index (Phi) is 6.24. The summed E-state index contributed by atoms with van der Waals surface area (Å²) in [5.41, 5.74) is 11.3. The average molecular weight is 281 g/mol. The first-order chi connectivity index (χ1) is 9.54. The van der Waals surface area contributed by atoms with Crippen LogP contribution < -0.4 is 22.1 Å². The Morgan fingerprint density at radius 3 is 2.80 bits per heavy atom. The highest BCUT2D eigenvalue weighted by Crippen LogP contribution is 2.14. The molecule has 2 amide bonds. The van der Waals surface area contributed by atoms with E-state index in [1.807, 2.05) is 0 Å². The maximum Gasteiger partial charge on any atom is 0.252 e. The van der Waals surface area contributed by atoms with E-state index in [9.17, 15) is 9.59 Å². The van der Waals surface area contributed by atoms with Gasteiger partial charge in [-0.25, -0.2) is 4.98 Å². The molecular formula is C12H19N5O3. The summed E-state index contributed by atoms with van der Waals surface area (Å²) in [6, 6.07) is 1.44. The van der Waals surface area contributed by atoms with Gasteiger partial charge in [-0.2, -0.15) is 0 Å². The Morgan fingerprint density at radius 1 is 1.40 bits per heavy atom. The summed E-state index contributed by atoms with van der Waals surface area (Å²) < 4.78 is 4.82. The summed E-state index contributed by atoms with van der Waals surface area (Å²) in [5.74, 6) is -0.432. The predicted molar refractivity (Wildman–Crippen MR) is 75.2 cm³/mol. The van der Waals surface area contributed by atoms with E-state index >= 15 is 0 Å². The highest BCUT2D eigenvalue weighted by atomic mass is 16.5. The van der Waals surface area contributed by atoms with Gasteiger partial charge in [-0.05, 0) is 6.07 Å². The first kappa shape index (κ1) is 15.7. The Bertz CT molecular complexity index is 478. The Balaban J connectivity index is 2.46. The van der Waals surface area contributed by atoms with Gasteiger partial charge in [0.25, 0.3) is 5.91 Å². The quantitative estimate of drug-likeness (QED) is 0.467. The van der Waals surface area contributed by atoms with Gasteiger partial charge in [0.15, 0.2) is 0 Å². The summed E-state index contributed by atoms with van der Waals surface area (Å²) in [6.45, 7) is 1.25. The average Bonchev–Trinajstić information content (AvgIpc) is 2.40. The molecule has 6 N–H and O–H groups in total. The van der Waals surface area contributed by atoms with Gasteiger partial charge < -0.3 is 26.8 Å². The molecular weight excluding hydrogens is 262 g/mol. The lowest BCUT2D eigenvalue weighted by atomic mass is 10.2. The molecule has 1 heterocycles. The summed E-state index contributed by atoms with van der Waals surface area (Å²) >= 11 is 0. The van der Waals surface area contributed by atoms with Crippen molar-refractivity contribution in [3.8, 4) is 0 Å². The molecule has 20 heavy (non-hydrogen) atoms. The van der Waals surface area contributed by atoms with Crippen molar-refractivity contribution in [3.63, 3.8) is 0 Å². The van der Waals surface area contributed by atoms with Crippen molar-refractivity contribution < 1.29 is 14.3 Å². The zero-order valence-electron chi connectivity index (χ0n) is 11.3. The normalized spacial score (nSPS) is 10.1. The number of carbonyl (C=O) groups is 2. The molecule has 0 aliphatic heterocycles. The number of nitrogens with zero attached hydrogens (tertiary/aromatic N) is 1. The lowest BCUT2D eigenvalue weighted by Crippen LogP contribution is -2.28. The van der Waals surface area contributed by atoms with Crippen LogP contribution in [-0.2, 0) is 9.53 Å². The van der Waals surface area contributed by atoms with Crippen molar-refractivity contribution in [2.24, 2.45) is 5.73 Å². The van der Waals surface area contributed by atoms with Crippen LogP contribution in [0.5, 0.6) is 0 Å². The van der Waals surface area contributed by atoms with E-state index in [1.165, 1.54) is 12.3 Å². The van der Waals surface area contributed by atoms with Gasteiger partial charge in [-0.15, -0.1) is 0 Å². The number of aromatic nitrogens is 1. The van der Waals surface area contributed by atoms with Gasteiger partial charge in [-0.1, -0.05) is 0 Å². The van der Waals surface area contributed by atoms with Crippen LogP contribution >= 0.6 is 0 Å². The molecule has 0 saturated heterocycles. The van der Waals surface area contributed by atoms with Crippen LogP contribution in [0, 0.1) is 0 Å². The second kappa shape index (κ2) is 7.95. The summed E-state index contributed by atoms with van der Waals surface area (Å²) in [5, 5.41) is 5.56. The number of amides is 2. The molecule has 0 aromatic carbocycles. The molecule has 110 valence electrons. The molecule has 0 bridgehead atoms. The monoisotopic (exact) mass is 281 g/mol. The van der Waals surface area contributed by atoms with E-state index in [-0.39, 0.29) is 17.9 Å². The first-order valence-electron chi connectivity index (χ1n) is 6.09. The Labute approximate surface area is 116 Å². The molecule has 1 aromatic heterocycles. The number of hydrogen-bond donors (Lipinski definition) is 4. The number of primary amides is 1. The standard InChI is InChI=1S/C12H19N5O3/c1-20-5-4-15-10(18)2-3-16-12-9(11(14)19)6-8(13)7-17-12/h6-7H,2-5,13H2,1H3,(H2,14,19)(H,15,18)(H,16,17). The number of rotatable bonds is 8. The molecule has 8 nitrogen and oxygen atoms in total. The number of nitrogens with two attached hydrogens (primary N) is 2. The van der Waals surface area contributed by atoms with Gasteiger partial charge in [-0.3, -0.25) is 9.59 Å². The number of hydrogen-bond acceptors (Lipinski definition) is 6. The topological polar surface area (TPSA) is 132 Å². The van der Waals surface area contributed by atoms with Crippen molar-refractivity contribution in [2.45, 2.75) is 6.42 Å². The van der Waals surface area contributed by atoms with Crippen molar-refractivity contribution >= 4 is 23.3 Å². The molecule has 1 aromatic rings. The lowest BCUT2D eigenvalue weighted by molar-refractivity contribution is -0.121. The molecule has 1 rings (SSSR count). The number of nitrogen functional groups attached to an aromatic ring is 1. The van der Waals surface area contributed by atoms with E-state index < -0.39 is 5.91 Å². The smallest absolute Gasteiger partial charge is 0.252 e. The Hall–Kier alpha value is -2.35. The van der Waals surface area contributed by atoms with E-state index in [4.69, 9.17) is 16.2 Å². The highest BCUT2D eigenvalue weighted by molar-refractivity contribution is 5.98. The van der Waals surface area contributed by atoms with Gasteiger partial charge in [0.1, 0.15) is 5.82 Å². The highest BCUT2D eigenvalue weighted by Gasteiger charge is 2.10. The third-order valence-corrected chi connectivity index (χ3v) is 2.45. The molecule has 0 saturated carbocycles. The SMILES string of the molecule is COCCNC(=O)CCNc1ncc(N)cc1C(N)=O. The van der Waals surface area contributed by atoms with Crippen molar-refractivity contribution in [2.75, 3.05) is 37.9 Å². The van der Waals surface area contributed by atoms with Crippen LogP contribution in [0.1, 0.15) is 16.8 Å². The molecule has 8 heteroatoms. The first-order valence-corrected chi connectivity index (χ1v) is 6.09. The number of pyridine rings is 1. The van der Waals surface area contributed by atoms with Crippen LogP contribution in [-0.4, -0.2) is 43.6 Å². The number of nitrogens with one attached hydrogen (secondary N) is 2. The molecule has 0 aliphatic carbocycles. The molecule has 0 fully saturated rings. The van der Waals surface area contributed by atoms with Crippen LogP contribution in [0.3, 0.4) is 0 Å². The minimum atomic E-state index is -0.628.